The van der Waals surface area contributed by atoms with Gasteiger partial charge in [0.25, 0.3) is 0 Å². The maximum absolute atomic E-state index is 12.3. The Morgan fingerprint density at radius 2 is 2.05 bits per heavy atom. The second-order valence-electron chi connectivity index (χ2n) is 7.31. The molecule has 114 valence electrons. The van der Waals surface area contributed by atoms with Crippen molar-refractivity contribution in [1.82, 2.24) is 0 Å². The van der Waals surface area contributed by atoms with Crippen LogP contribution >= 0.6 is 11.6 Å². The number of hydrogen-bond acceptors (Lipinski definition) is 2. The number of fused-ring (bicyclic) bond motifs is 2. The minimum Gasteiger partial charge on any atom is -0.369 e. The van der Waals surface area contributed by atoms with Crippen LogP contribution in [0, 0.1) is 16.7 Å². The molecule has 0 amide bonds. The van der Waals surface area contributed by atoms with Gasteiger partial charge >= 0.3 is 0 Å². The summed E-state index contributed by atoms with van der Waals surface area (Å²) in [6.45, 7) is 7.16. The number of halogens is 1. The molecule has 2 saturated carbocycles. The summed E-state index contributed by atoms with van der Waals surface area (Å²) in [5, 5.41) is 0.505. The molecule has 2 aliphatic carbocycles. The van der Waals surface area contributed by atoms with Crippen LogP contribution in [0.1, 0.15) is 50.4 Å². The molecule has 21 heavy (non-hydrogen) atoms. The van der Waals surface area contributed by atoms with Gasteiger partial charge in [-0.3, -0.25) is 4.79 Å². The van der Waals surface area contributed by atoms with E-state index < -0.39 is 0 Å². The highest BCUT2D eigenvalue weighted by atomic mass is 35.5. The second kappa shape index (κ2) is 5.10. The first-order valence-corrected chi connectivity index (χ1v) is 8.13. The van der Waals surface area contributed by atoms with Crippen LogP contribution in [0.25, 0.3) is 0 Å². The van der Waals surface area contributed by atoms with E-state index in [1.54, 1.807) is 12.1 Å². The van der Waals surface area contributed by atoms with Crippen LogP contribution in [0.4, 0.5) is 0 Å². The van der Waals surface area contributed by atoms with E-state index in [1.807, 2.05) is 12.1 Å². The monoisotopic (exact) mass is 306 g/mol. The van der Waals surface area contributed by atoms with Crippen LogP contribution in [0.3, 0.4) is 0 Å². The summed E-state index contributed by atoms with van der Waals surface area (Å²) in [6.07, 6.45) is 3.77. The molecule has 3 heteroatoms. The molecule has 3 unspecified atom stereocenters. The average molecular weight is 307 g/mol. The molecule has 2 aliphatic rings. The molecular formula is C18H23ClO2. The summed E-state index contributed by atoms with van der Waals surface area (Å²) in [4.78, 5) is 12.3. The first-order valence-electron chi connectivity index (χ1n) is 7.75. The molecule has 3 atom stereocenters. The number of rotatable bonds is 4. The molecule has 0 saturated heterocycles. The van der Waals surface area contributed by atoms with Gasteiger partial charge in [0.15, 0.2) is 5.78 Å². The lowest BCUT2D eigenvalue weighted by Crippen LogP contribution is -2.38. The lowest BCUT2D eigenvalue weighted by molar-refractivity contribution is -0.0390. The first kappa shape index (κ1) is 15.1. The van der Waals surface area contributed by atoms with Crippen molar-refractivity contribution in [2.45, 2.75) is 46.1 Å². The van der Waals surface area contributed by atoms with Crippen LogP contribution in [0.15, 0.2) is 24.3 Å². The van der Waals surface area contributed by atoms with Gasteiger partial charge in [0.05, 0.1) is 11.1 Å². The van der Waals surface area contributed by atoms with E-state index in [1.165, 1.54) is 12.8 Å². The molecule has 1 aromatic rings. The van der Waals surface area contributed by atoms with E-state index in [0.717, 1.165) is 12.3 Å². The van der Waals surface area contributed by atoms with E-state index >= 15 is 0 Å². The van der Waals surface area contributed by atoms with Crippen molar-refractivity contribution in [2.24, 2.45) is 16.7 Å². The van der Waals surface area contributed by atoms with Gasteiger partial charge in [-0.25, -0.2) is 0 Å². The van der Waals surface area contributed by atoms with Gasteiger partial charge in [-0.1, -0.05) is 44.5 Å². The standard InChI is InChI=1S/C18H23ClO2/c1-17(2)12-8-9-18(17,3)16(10-12)21-11-15(20)13-6-4-5-7-14(13)19/h4-7,12,16H,8-11H2,1-3H3. The molecule has 0 radical (unpaired) electrons. The predicted octanol–water partition coefficient (Wildman–Crippen LogP) is 4.75. The van der Waals surface area contributed by atoms with Gasteiger partial charge in [-0.05, 0) is 48.1 Å². The average Bonchev–Trinajstić information content (AvgIpc) is 2.78. The fourth-order valence-electron chi connectivity index (χ4n) is 4.32. The van der Waals surface area contributed by atoms with Crippen molar-refractivity contribution in [2.75, 3.05) is 6.61 Å². The van der Waals surface area contributed by atoms with Crippen LogP contribution in [-0.2, 0) is 4.74 Å². The maximum Gasteiger partial charge on any atom is 0.189 e. The Labute approximate surface area is 131 Å². The zero-order valence-corrected chi connectivity index (χ0v) is 13.7. The maximum atomic E-state index is 12.3. The molecule has 0 aliphatic heterocycles. The normalized spacial score (nSPS) is 33.3. The lowest BCUT2D eigenvalue weighted by Gasteiger charge is -2.38. The highest BCUT2D eigenvalue weighted by molar-refractivity contribution is 6.34. The van der Waals surface area contributed by atoms with Crippen molar-refractivity contribution in [3.63, 3.8) is 0 Å². The SMILES string of the molecule is CC1(C)C2CCC1(C)C(OCC(=O)c1ccccc1Cl)C2. The Morgan fingerprint density at radius 1 is 1.33 bits per heavy atom. The van der Waals surface area contributed by atoms with Gasteiger partial charge in [0, 0.05) is 5.56 Å². The van der Waals surface area contributed by atoms with Crippen LogP contribution in [0.2, 0.25) is 5.02 Å². The Hall–Kier alpha value is -0.860. The topological polar surface area (TPSA) is 26.3 Å². The van der Waals surface area contributed by atoms with E-state index in [2.05, 4.69) is 20.8 Å². The number of carbonyl (C=O) groups is 1. The second-order valence-corrected chi connectivity index (χ2v) is 7.72. The minimum atomic E-state index is -0.0234. The van der Waals surface area contributed by atoms with Gasteiger partial charge in [-0.15, -0.1) is 0 Å². The van der Waals surface area contributed by atoms with E-state index in [9.17, 15) is 4.79 Å². The summed E-state index contributed by atoms with van der Waals surface area (Å²) in [5.74, 6) is 0.702. The molecule has 0 heterocycles. The Morgan fingerprint density at radius 3 is 2.62 bits per heavy atom. The Bertz CT molecular complexity index is 566. The summed E-state index contributed by atoms with van der Waals surface area (Å²) >= 11 is 6.07. The zero-order chi connectivity index (χ0) is 15.3. The van der Waals surface area contributed by atoms with Crippen molar-refractivity contribution in [3.8, 4) is 0 Å². The van der Waals surface area contributed by atoms with Crippen LogP contribution in [0.5, 0.6) is 0 Å². The number of benzene rings is 1. The predicted molar refractivity (Wildman–Crippen MR) is 84.8 cm³/mol. The minimum absolute atomic E-state index is 0.0234. The van der Waals surface area contributed by atoms with Crippen molar-refractivity contribution >= 4 is 17.4 Å². The summed E-state index contributed by atoms with van der Waals surface area (Å²) in [5.41, 5.74) is 1.07. The summed E-state index contributed by atoms with van der Waals surface area (Å²) in [7, 11) is 0. The number of Topliss-reactive ketones (excluding diaryl/α,β-unsaturated/α-hetero) is 1. The van der Waals surface area contributed by atoms with Crippen LogP contribution < -0.4 is 0 Å². The van der Waals surface area contributed by atoms with E-state index in [4.69, 9.17) is 16.3 Å². The zero-order valence-electron chi connectivity index (χ0n) is 13.0. The molecule has 0 spiro atoms. The fraction of sp³-hybridized carbons (Fsp3) is 0.611. The van der Waals surface area contributed by atoms with Gasteiger partial charge < -0.3 is 4.74 Å². The van der Waals surface area contributed by atoms with Gasteiger partial charge in [-0.2, -0.15) is 0 Å². The van der Waals surface area contributed by atoms with Crippen molar-refractivity contribution in [3.05, 3.63) is 34.9 Å². The number of ketones is 1. The third-order valence-electron chi connectivity index (χ3n) is 6.30. The molecule has 1 aromatic carbocycles. The van der Waals surface area contributed by atoms with Gasteiger partial charge in [0.2, 0.25) is 0 Å². The van der Waals surface area contributed by atoms with Crippen molar-refractivity contribution < 1.29 is 9.53 Å². The summed E-state index contributed by atoms with van der Waals surface area (Å²) < 4.78 is 6.04. The highest BCUT2D eigenvalue weighted by Gasteiger charge is 2.61. The van der Waals surface area contributed by atoms with Crippen molar-refractivity contribution in [1.29, 1.82) is 0 Å². The van der Waals surface area contributed by atoms with E-state index in [0.29, 0.717) is 16.0 Å². The first-order chi connectivity index (χ1) is 9.86. The number of hydrogen-bond donors (Lipinski definition) is 0. The number of ether oxygens (including phenoxy) is 1. The largest absolute Gasteiger partial charge is 0.369 e. The molecule has 2 bridgehead atoms. The molecule has 3 rings (SSSR count). The Balaban J connectivity index is 1.67. The quantitative estimate of drug-likeness (QED) is 0.750. The summed E-state index contributed by atoms with van der Waals surface area (Å²) in [6, 6.07) is 7.18. The smallest absolute Gasteiger partial charge is 0.189 e. The molecule has 2 nitrogen and oxygen atoms in total. The number of carbonyl (C=O) groups excluding carboxylic acids is 1. The highest BCUT2D eigenvalue weighted by Crippen LogP contribution is 2.66. The molecular weight excluding hydrogens is 284 g/mol. The third-order valence-corrected chi connectivity index (χ3v) is 6.63. The molecule has 0 aromatic heterocycles. The molecule has 2 fully saturated rings. The molecule has 0 N–H and O–H groups in total. The van der Waals surface area contributed by atoms with Gasteiger partial charge in [0.1, 0.15) is 6.61 Å². The van der Waals surface area contributed by atoms with Crippen LogP contribution in [-0.4, -0.2) is 18.5 Å². The Kier molecular flexibility index (Phi) is 3.66. The third kappa shape index (κ3) is 2.24. The fourth-order valence-corrected chi connectivity index (χ4v) is 4.56. The lowest BCUT2D eigenvalue weighted by atomic mass is 9.70. The van der Waals surface area contributed by atoms with E-state index in [-0.39, 0.29) is 23.9 Å².